The summed E-state index contributed by atoms with van der Waals surface area (Å²) in [5.74, 6) is 0.750. The van der Waals surface area contributed by atoms with Gasteiger partial charge in [0.1, 0.15) is 0 Å². The van der Waals surface area contributed by atoms with E-state index >= 15 is 0 Å². The summed E-state index contributed by atoms with van der Waals surface area (Å²) < 4.78 is 2.95. The number of hydrogen-bond acceptors (Lipinski definition) is 3. The molecule has 1 aromatic heterocycles. The molecule has 136 valence electrons. The van der Waals surface area contributed by atoms with Crippen LogP contribution in [0.4, 0.5) is 5.69 Å². The van der Waals surface area contributed by atoms with E-state index in [1.807, 2.05) is 59.3 Å². The molecule has 5 nitrogen and oxygen atoms in total. The summed E-state index contributed by atoms with van der Waals surface area (Å²) in [5, 5.41) is 4.75. The molecule has 2 N–H and O–H groups in total. The number of fused-ring (bicyclic) bond motifs is 5. The summed E-state index contributed by atoms with van der Waals surface area (Å²) in [6.45, 7) is 0. The molecule has 2 bridgehead atoms. The van der Waals surface area contributed by atoms with Crippen molar-refractivity contribution in [1.29, 1.82) is 0 Å². The number of rotatable bonds is 4. The van der Waals surface area contributed by atoms with E-state index in [1.54, 1.807) is 0 Å². The molecule has 0 aliphatic heterocycles. The summed E-state index contributed by atoms with van der Waals surface area (Å²) in [5.41, 5.74) is 10.5. The molecule has 2 atom stereocenters. The van der Waals surface area contributed by atoms with E-state index in [2.05, 4.69) is 26.8 Å². The average Bonchev–Trinajstić information content (AvgIpc) is 3.40. The quantitative estimate of drug-likeness (QED) is 0.596. The standard InChI is InChI=1S/C21H19BrN4O/c22-16-8-4-5-9-17(16)26-20-14-11-10-13(12-14)18(20)19(25-26)21(27)24-23-15-6-2-1-3-7-15/h1-9,13-14,23H,10-12H2,(H,24,27)/t13-,14-/m0/s1. The van der Waals surface area contributed by atoms with Crippen LogP contribution >= 0.6 is 15.9 Å². The minimum absolute atomic E-state index is 0.187. The number of carbonyl (C=O) groups excluding carboxylic acids is 1. The maximum Gasteiger partial charge on any atom is 0.290 e. The molecule has 0 spiro atoms. The van der Waals surface area contributed by atoms with Gasteiger partial charge in [0.2, 0.25) is 0 Å². The lowest BCUT2D eigenvalue weighted by Gasteiger charge is -2.14. The Morgan fingerprint density at radius 1 is 1.04 bits per heavy atom. The van der Waals surface area contributed by atoms with Gasteiger partial charge < -0.3 is 0 Å². The highest BCUT2D eigenvalue weighted by Crippen LogP contribution is 2.54. The van der Waals surface area contributed by atoms with Crippen LogP contribution in [0.25, 0.3) is 5.69 Å². The van der Waals surface area contributed by atoms with Gasteiger partial charge in [-0.15, -0.1) is 0 Å². The largest absolute Gasteiger partial charge is 0.298 e. The Kier molecular flexibility index (Phi) is 4.01. The smallest absolute Gasteiger partial charge is 0.290 e. The topological polar surface area (TPSA) is 59.0 Å². The van der Waals surface area contributed by atoms with Crippen molar-refractivity contribution in [2.24, 2.45) is 0 Å². The third-order valence-electron chi connectivity index (χ3n) is 5.58. The van der Waals surface area contributed by atoms with E-state index in [0.717, 1.165) is 34.3 Å². The van der Waals surface area contributed by atoms with Gasteiger partial charge in [0.05, 0.1) is 17.1 Å². The minimum Gasteiger partial charge on any atom is -0.298 e. The maximum atomic E-state index is 12.9. The van der Waals surface area contributed by atoms with Crippen LogP contribution in [0.3, 0.4) is 0 Å². The van der Waals surface area contributed by atoms with Crippen LogP contribution in [0, 0.1) is 0 Å². The van der Waals surface area contributed by atoms with Crippen molar-refractivity contribution in [1.82, 2.24) is 15.2 Å². The fraction of sp³-hybridized carbons (Fsp3) is 0.238. The molecule has 3 aromatic rings. The molecule has 0 radical (unpaired) electrons. The van der Waals surface area contributed by atoms with Crippen LogP contribution in [-0.4, -0.2) is 15.7 Å². The Bertz CT molecular complexity index is 1010. The third kappa shape index (κ3) is 2.75. The molecule has 27 heavy (non-hydrogen) atoms. The number of hydrazine groups is 1. The van der Waals surface area contributed by atoms with Gasteiger partial charge >= 0.3 is 0 Å². The highest BCUT2D eigenvalue weighted by Gasteiger charge is 2.44. The van der Waals surface area contributed by atoms with Crippen molar-refractivity contribution >= 4 is 27.5 Å². The lowest BCUT2D eigenvalue weighted by Crippen LogP contribution is -2.30. The van der Waals surface area contributed by atoms with E-state index in [4.69, 9.17) is 5.10 Å². The van der Waals surface area contributed by atoms with Crippen molar-refractivity contribution in [3.63, 3.8) is 0 Å². The number of hydrogen-bond donors (Lipinski definition) is 2. The number of benzene rings is 2. The third-order valence-corrected chi connectivity index (χ3v) is 6.25. The van der Waals surface area contributed by atoms with Gasteiger partial charge in [-0.3, -0.25) is 15.6 Å². The molecule has 1 heterocycles. The van der Waals surface area contributed by atoms with E-state index in [1.165, 1.54) is 12.1 Å². The first-order chi connectivity index (χ1) is 13.2. The van der Waals surface area contributed by atoms with Gasteiger partial charge in [-0.1, -0.05) is 30.3 Å². The average molecular weight is 423 g/mol. The molecule has 2 aromatic carbocycles. The van der Waals surface area contributed by atoms with Crippen molar-refractivity contribution in [3.8, 4) is 5.69 Å². The summed E-state index contributed by atoms with van der Waals surface area (Å²) in [7, 11) is 0. The first-order valence-electron chi connectivity index (χ1n) is 9.21. The molecular formula is C21H19BrN4O. The van der Waals surface area contributed by atoms with Crippen molar-refractivity contribution in [3.05, 3.63) is 76.0 Å². The fourth-order valence-electron chi connectivity index (χ4n) is 4.42. The summed E-state index contributed by atoms with van der Waals surface area (Å²) in [6, 6.07) is 17.6. The maximum absolute atomic E-state index is 12.9. The zero-order valence-electron chi connectivity index (χ0n) is 14.7. The number of carbonyl (C=O) groups is 1. The molecule has 1 fully saturated rings. The molecule has 1 amide bonds. The predicted molar refractivity (Wildman–Crippen MR) is 108 cm³/mol. The Morgan fingerprint density at radius 2 is 1.78 bits per heavy atom. The van der Waals surface area contributed by atoms with Crippen LogP contribution in [-0.2, 0) is 0 Å². The number of amides is 1. The second-order valence-electron chi connectivity index (χ2n) is 7.16. The second kappa shape index (κ2) is 6.53. The molecule has 0 saturated heterocycles. The Hall–Kier alpha value is -2.60. The summed E-state index contributed by atoms with van der Waals surface area (Å²) in [6.07, 6.45) is 3.45. The molecule has 6 heteroatoms. The fourth-order valence-corrected chi connectivity index (χ4v) is 4.87. The molecule has 5 rings (SSSR count). The Labute approximate surface area is 165 Å². The zero-order chi connectivity index (χ0) is 18.4. The van der Waals surface area contributed by atoms with Gasteiger partial charge in [-0.25, -0.2) is 4.68 Å². The minimum atomic E-state index is -0.187. The van der Waals surface area contributed by atoms with Crippen molar-refractivity contribution in [2.75, 3.05) is 5.43 Å². The molecule has 0 unspecified atom stereocenters. The summed E-state index contributed by atoms with van der Waals surface area (Å²) >= 11 is 3.63. The number of para-hydroxylation sites is 2. The number of anilines is 1. The first kappa shape index (κ1) is 16.6. The van der Waals surface area contributed by atoms with E-state index in [0.29, 0.717) is 17.5 Å². The van der Waals surface area contributed by atoms with Crippen LogP contribution in [0.15, 0.2) is 59.1 Å². The van der Waals surface area contributed by atoms with Gasteiger partial charge in [0, 0.05) is 16.0 Å². The zero-order valence-corrected chi connectivity index (χ0v) is 16.2. The van der Waals surface area contributed by atoms with Crippen molar-refractivity contribution in [2.45, 2.75) is 31.1 Å². The highest BCUT2D eigenvalue weighted by molar-refractivity contribution is 9.10. The van der Waals surface area contributed by atoms with Gasteiger partial charge in [0.25, 0.3) is 5.91 Å². The van der Waals surface area contributed by atoms with Crippen molar-refractivity contribution < 1.29 is 4.79 Å². The van der Waals surface area contributed by atoms with Gasteiger partial charge in [0.15, 0.2) is 5.69 Å². The normalized spacial score (nSPS) is 19.7. The SMILES string of the molecule is O=C(NNc1ccccc1)c1nn(-c2ccccc2Br)c2c1[C@H]1CC[C@H]2C1. The lowest BCUT2D eigenvalue weighted by atomic mass is 9.95. The molecule has 2 aliphatic rings. The van der Waals surface area contributed by atoms with Gasteiger partial charge in [-0.05, 0) is 65.4 Å². The number of aromatic nitrogens is 2. The van der Waals surface area contributed by atoms with E-state index in [9.17, 15) is 4.79 Å². The van der Waals surface area contributed by atoms with Crippen LogP contribution < -0.4 is 10.9 Å². The Balaban J connectivity index is 1.52. The molecular weight excluding hydrogens is 404 g/mol. The van der Waals surface area contributed by atoms with Crippen LogP contribution in [0.1, 0.15) is 52.8 Å². The van der Waals surface area contributed by atoms with Crippen LogP contribution in [0.5, 0.6) is 0 Å². The predicted octanol–water partition coefficient (Wildman–Crippen LogP) is 4.76. The number of nitrogens with zero attached hydrogens (tertiary/aromatic N) is 2. The lowest BCUT2D eigenvalue weighted by molar-refractivity contribution is 0.0956. The highest BCUT2D eigenvalue weighted by atomic mass is 79.9. The van der Waals surface area contributed by atoms with Gasteiger partial charge in [-0.2, -0.15) is 5.10 Å². The summed E-state index contributed by atoms with van der Waals surface area (Å²) in [4.78, 5) is 12.9. The number of halogens is 1. The monoisotopic (exact) mass is 422 g/mol. The number of nitrogens with one attached hydrogen (secondary N) is 2. The first-order valence-corrected chi connectivity index (χ1v) is 10.0. The molecule has 2 aliphatic carbocycles. The van der Waals surface area contributed by atoms with E-state index in [-0.39, 0.29) is 5.91 Å². The van der Waals surface area contributed by atoms with Crippen LogP contribution in [0.2, 0.25) is 0 Å². The molecule has 1 saturated carbocycles. The van der Waals surface area contributed by atoms with E-state index < -0.39 is 0 Å². The second-order valence-corrected chi connectivity index (χ2v) is 8.02. The Morgan fingerprint density at radius 3 is 2.59 bits per heavy atom.